The molecule has 2 aromatic rings. The molecule has 1 amide bonds. The van der Waals surface area contributed by atoms with E-state index in [0.717, 1.165) is 6.07 Å². The molecule has 0 aliphatic carbocycles. The highest BCUT2D eigenvalue weighted by Crippen LogP contribution is 2.24. The Bertz CT molecular complexity index is 778. The quantitative estimate of drug-likeness (QED) is 0.897. The van der Waals surface area contributed by atoms with Crippen molar-refractivity contribution in [1.29, 1.82) is 0 Å². The van der Waals surface area contributed by atoms with E-state index in [-0.39, 0.29) is 17.6 Å². The van der Waals surface area contributed by atoms with Crippen LogP contribution >= 0.6 is 0 Å². The minimum absolute atomic E-state index is 0.0167. The largest absolute Gasteiger partial charge is 0.444 e. The van der Waals surface area contributed by atoms with E-state index in [4.69, 9.17) is 4.74 Å². The van der Waals surface area contributed by atoms with Crippen LogP contribution < -0.4 is 5.32 Å². The summed E-state index contributed by atoms with van der Waals surface area (Å²) in [5.41, 5.74) is 0.0800. The van der Waals surface area contributed by atoms with Gasteiger partial charge in [0.1, 0.15) is 5.60 Å². The molecule has 0 aliphatic heterocycles. The van der Waals surface area contributed by atoms with Crippen LogP contribution in [0.3, 0.4) is 0 Å². The highest BCUT2D eigenvalue weighted by Gasteiger charge is 2.24. The minimum Gasteiger partial charge on any atom is -0.444 e. The predicted octanol–water partition coefficient (Wildman–Crippen LogP) is 3.47. The zero-order valence-corrected chi connectivity index (χ0v) is 14.0. The number of halogens is 2. The van der Waals surface area contributed by atoms with Crippen molar-refractivity contribution in [3.05, 3.63) is 35.5 Å². The number of hydrogen-bond acceptors (Lipinski definition) is 3. The maximum atomic E-state index is 13.8. The molecule has 2 rings (SSSR count). The van der Waals surface area contributed by atoms with Crippen LogP contribution in [0.25, 0.3) is 10.9 Å². The summed E-state index contributed by atoms with van der Waals surface area (Å²) in [5, 5.41) is 2.57. The number of ketones is 1. The van der Waals surface area contributed by atoms with E-state index in [0.29, 0.717) is 11.1 Å². The van der Waals surface area contributed by atoms with E-state index in [1.54, 1.807) is 20.8 Å². The van der Waals surface area contributed by atoms with E-state index in [9.17, 15) is 18.4 Å². The number of carbonyl (C=O) groups is 2. The average molecular weight is 338 g/mol. The molecule has 0 bridgehead atoms. The van der Waals surface area contributed by atoms with Crippen LogP contribution in [0.1, 0.15) is 33.3 Å². The Morgan fingerprint density at radius 2 is 2.00 bits per heavy atom. The number of H-pyrrole nitrogens is 1. The highest BCUT2D eigenvalue weighted by atomic mass is 19.2. The first-order valence-electron chi connectivity index (χ1n) is 7.52. The molecule has 1 heterocycles. The van der Waals surface area contributed by atoms with Crippen LogP contribution in [-0.4, -0.2) is 28.5 Å². The summed E-state index contributed by atoms with van der Waals surface area (Å²) in [6.07, 6.45) is 0.761. The number of carbonyl (C=O) groups excluding carboxylic acids is 2. The normalized spacial score (nSPS) is 12.9. The van der Waals surface area contributed by atoms with Crippen molar-refractivity contribution in [1.82, 2.24) is 10.3 Å². The van der Waals surface area contributed by atoms with Crippen molar-refractivity contribution >= 4 is 22.8 Å². The molecule has 0 saturated heterocycles. The lowest BCUT2D eigenvalue weighted by atomic mass is 10.0. The monoisotopic (exact) mass is 338 g/mol. The molecule has 5 nitrogen and oxygen atoms in total. The average Bonchev–Trinajstić information content (AvgIpc) is 2.91. The maximum Gasteiger partial charge on any atom is 0.408 e. The van der Waals surface area contributed by atoms with Gasteiger partial charge >= 0.3 is 6.09 Å². The summed E-state index contributed by atoms with van der Waals surface area (Å²) in [4.78, 5) is 26.5. The van der Waals surface area contributed by atoms with E-state index < -0.39 is 29.4 Å². The van der Waals surface area contributed by atoms with Gasteiger partial charge in [-0.3, -0.25) is 4.79 Å². The fourth-order valence-corrected chi connectivity index (χ4v) is 2.36. The van der Waals surface area contributed by atoms with Gasteiger partial charge in [0.25, 0.3) is 0 Å². The molecule has 24 heavy (non-hydrogen) atoms. The summed E-state index contributed by atoms with van der Waals surface area (Å²) < 4.78 is 32.6. The molecular weight excluding hydrogens is 318 g/mol. The topological polar surface area (TPSA) is 71.2 Å². The first kappa shape index (κ1) is 17.9. The molecule has 2 N–H and O–H groups in total. The zero-order chi connectivity index (χ0) is 18.1. The molecule has 0 radical (unpaired) electrons. The predicted molar refractivity (Wildman–Crippen MR) is 85.8 cm³/mol. The van der Waals surface area contributed by atoms with Crippen molar-refractivity contribution in [3.63, 3.8) is 0 Å². The first-order chi connectivity index (χ1) is 11.1. The van der Waals surface area contributed by atoms with Crippen LogP contribution in [0.5, 0.6) is 0 Å². The number of alkyl carbamates (subject to hydrolysis) is 1. The van der Waals surface area contributed by atoms with Crippen LogP contribution in [0, 0.1) is 11.6 Å². The first-order valence-corrected chi connectivity index (χ1v) is 7.52. The third-order valence-corrected chi connectivity index (χ3v) is 3.42. The second kappa shape index (κ2) is 6.59. The highest BCUT2D eigenvalue weighted by molar-refractivity contribution is 5.88. The fraction of sp³-hybridized carbons (Fsp3) is 0.412. The smallest absolute Gasteiger partial charge is 0.408 e. The molecule has 7 heteroatoms. The van der Waals surface area contributed by atoms with Gasteiger partial charge in [-0.25, -0.2) is 13.6 Å². The number of Topliss-reactive ketones (excluding diaryl/α,β-unsaturated/α-hetero) is 1. The number of benzene rings is 1. The van der Waals surface area contributed by atoms with Crippen LogP contribution in [-0.2, 0) is 16.0 Å². The van der Waals surface area contributed by atoms with Crippen molar-refractivity contribution in [2.75, 3.05) is 0 Å². The third-order valence-electron chi connectivity index (χ3n) is 3.42. The summed E-state index contributed by atoms with van der Waals surface area (Å²) in [6, 6.07) is 1.54. The Morgan fingerprint density at radius 1 is 1.33 bits per heavy atom. The molecular formula is C17H20F2N2O3. The summed E-state index contributed by atoms with van der Waals surface area (Å²) in [6.45, 7) is 6.42. The van der Waals surface area contributed by atoms with Gasteiger partial charge in [-0.15, -0.1) is 0 Å². The van der Waals surface area contributed by atoms with Gasteiger partial charge < -0.3 is 15.0 Å². The minimum atomic E-state index is -1.00. The number of ether oxygens (including phenoxy) is 1. The Kier molecular flexibility index (Phi) is 4.91. The maximum absolute atomic E-state index is 13.8. The van der Waals surface area contributed by atoms with Crippen molar-refractivity contribution in [3.8, 4) is 0 Å². The molecule has 0 aliphatic rings. The Hall–Kier alpha value is -2.44. The fourth-order valence-electron chi connectivity index (χ4n) is 2.36. The third kappa shape index (κ3) is 4.10. The Morgan fingerprint density at radius 3 is 2.58 bits per heavy atom. The van der Waals surface area contributed by atoms with E-state index in [1.165, 1.54) is 19.2 Å². The Balaban J connectivity index is 2.26. The lowest BCUT2D eigenvalue weighted by Crippen LogP contribution is -2.44. The number of hydrogen-bond donors (Lipinski definition) is 2. The lowest BCUT2D eigenvalue weighted by Gasteiger charge is -2.22. The molecule has 0 spiro atoms. The van der Waals surface area contributed by atoms with E-state index in [1.807, 2.05) is 0 Å². The number of aromatic amines is 1. The summed E-state index contributed by atoms with van der Waals surface area (Å²) >= 11 is 0. The van der Waals surface area contributed by atoms with Gasteiger partial charge in [-0.1, -0.05) is 0 Å². The van der Waals surface area contributed by atoms with Gasteiger partial charge in [-0.2, -0.15) is 0 Å². The van der Waals surface area contributed by atoms with Crippen LogP contribution in [0.4, 0.5) is 13.6 Å². The zero-order valence-electron chi connectivity index (χ0n) is 14.0. The Labute approximate surface area is 138 Å². The van der Waals surface area contributed by atoms with Crippen LogP contribution in [0.15, 0.2) is 18.3 Å². The van der Waals surface area contributed by atoms with Gasteiger partial charge in [0, 0.05) is 18.0 Å². The number of amides is 1. The lowest BCUT2D eigenvalue weighted by molar-refractivity contribution is -0.119. The summed E-state index contributed by atoms with van der Waals surface area (Å²) in [7, 11) is 0. The summed E-state index contributed by atoms with van der Waals surface area (Å²) in [5.74, 6) is -2.27. The molecule has 130 valence electrons. The van der Waals surface area contributed by atoms with Gasteiger partial charge in [-0.05, 0) is 45.4 Å². The molecule has 1 unspecified atom stereocenters. The molecule has 1 aromatic heterocycles. The molecule has 1 aromatic carbocycles. The number of rotatable bonds is 4. The number of fused-ring (bicyclic) bond motifs is 1. The standard InChI is InChI=1S/C17H20F2N2O3/c1-9(22)13(21-16(23)24-17(2,3)4)8-10-7-12(18)14(19)11-5-6-20-15(10)11/h5-7,13,20H,8H2,1-4H3,(H,21,23). The molecule has 0 saturated carbocycles. The van der Waals surface area contributed by atoms with Gasteiger partial charge in [0.2, 0.25) is 0 Å². The molecule has 1 atom stereocenters. The van der Waals surface area contributed by atoms with Gasteiger partial charge in [0.15, 0.2) is 17.4 Å². The van der Waals surface area contributed by atoms with E-state index >= 15 is 0 Å². The van der Waals surface area contributed by atoms with E-state index in [2.05, 4.69) is 10.3 Å². The molecule has 0 fully saturated rings. The van der Waals surface area contributed by atoms with Gasteiger partial charge in [0.05, 0.1) is 11.6 Å². The van der Waals surface area contributed by atoms with Crippen molar-refractivity contribution in [2.24, 2.45) is 0 Å². The SMILES string of the molecule is CC(=O)C(Cc1cc(F)c(F)c2cc[nH]c12)NC(=O)OC(C)(C)C. The van der Waals surface area contributed by atoms with Crippen LogP contribution in [0.2, 0.25) is 0 Å². The second-order valence-corrected chi connectivity index (χ2v) is 6.61. The van der Waals surface area contributed by atoms with Crippen molar-refractivity contribution in [2.45, 2.75) is 45.8 Å². The number of aromatic nitrogens is 1. The second-order valence-electron chi connectivity index (χ2n) is 6.61. The number of nitrogens with one attached hydrogen (secondary N) is 2. The van der Waals surface area contributed by atoms with Crippen molar-refractivity contribution < 1.29 is 23.1 Å².